The number of nitrogens with one attached hydrogen (secondary N) is 1. The van der Waals surface area contributed by atoms with E-state index in [-0.39, 0.29) is 10.6 Å². The Bertz CT molecular complexity index is 980. The summed E-state index contributed by atoms with van der Waals surface area (Å²) in [7, 11) is 0. The lowest BCUT2D eigenvalue weighted by atomic mass is 10.2. The average Bonchev–Trinajstić information content (AvgIpc) is 2.61. The van der Waals surface area contributed by atoms with Gasteiger partial charge in [-0.2, -0.15) is 0 Å². The highest BCUT2D eigenvalue weighted by atomic mass is 35.5. The van der Waals surface area contributed by atoms with Crippen molar-refractivity contribution in [2.45, 2.75) is 0 Å². The van der Waals surface area contributed by atoms with Crippen molar-refractivity contribution in [2.24, 2.45) is 0 Å². The third-order valence-electron chi connectivity index (χ3n) is 3.45. The number of anilines is 1. The molecule has 0 fully saturated rings. The van der Waals surface area contributed by atoms with Gasteiger partial charge >= 0.3 is 0 Å². The first kappa shape index (κ1) is 18.2. The standard InChI is InChI=1S/C19H11Cl2F2NO2/c20-12-5-1-3-7-17(12)26-18-8-4-2-6-16(18)24-19(25)11-9-14(22)15(23)10-13(11)21/h1-10H,(H,24,25). The monoisotopic (exact) mass is 393 g/mol. The second-order valence-corrected chi connectivity index (χ2v) is 6.04. The van der Waals surface area contributed by atoms with Crippen LogP contribution >= 0.6 is 23.2 Å². The van der Waals surface area contributed by atoms with Gasteiger partial charge < -0.3 is 10.1 Å². The molecule has 0 radical (unpaired) electrons. The number of rotatable bonds is 4. The molecule has 1 amide bonds. The van der Waals surface area contributed by atoms with Crippen molar-refractivity contribution in [1.29, 1.82) is 0 Å². The highest BCUT2D eigenvalue weighted by molar-refractivity contribution is 6.34. The van der Waals surface area contributed by atoms with Crippen molar-refractivity contribution in [3.05, 3.63) is 87.9 Å². The molecule has 132 valence electrons. The first-order valence-corrected chi connectivity index (χ1v) is 8.18. The molecule has 0 saturated heterocycles. The van der Waals surface area contributed by atoms with Crippen LogP contribution in [-0.4, -0.2) is 5.91 Å². The first-order chi connectivity index (χ1) is 12.5. The summed E-state index contributed by atoms with van der Waals surface area (Å²) in [6.07, 6.45) is 0. The Labute approximate surface area is 158 Å². The van der Waals surface area contributed by atoms with Gasteiger partial charge in [0, 0.05) is 0 Å². The van der Waals surface area contributed by atoms with E-state index in [1.165, 1.54) is 0 Å². The molecule has 0 aliphatic carbocycles. The Morgan fingerprint density at radius 3 is 2.19 bits per heavy atom. The molecule has 0 unspecified atom stereocenters. The number of ether oxygens (including phenoxy) is 1. The second kappa shape index (κ2) is 7.72. The van der Waals surface area contributed by atoms with Crippen LogP contribution in [-0.2, 0) is 0 Å². The van der Waals surface area contributed by atoms with E-state index in [2.05, 4.69) is 5.32 Å². The van der Waals surface area contributed by atoms with E-state index < -0.39 is 17.5 Å². The summed E-state index contributed by atoms with van der Waals surface area (Å²) < 4.78 is 32.3. The summed E-state index contributed by atoms with van der Waals surface area (Å²) in [5.74, 6) is -2.27. The van der Waals surface area contributed by atoms with Crippen LogP contribution in [0.15, 0.2) is 60.7 Å². The van der Waals surface area contributed by atoms with Gasteiger partial charge in [0.05, 0.1) is 21.3 Å². The Kier molecular flexibility index (Phi) is 5.40. The predicted molar refractivity (Wildman–Crippen MR) is 97.3 cm³/mol. The van der Waals surface area contributed by atoms with Crippen LogP contribution in [0.25, 0.3) is 0 Å². The smallest absolute Gasteiger partial charge is 0.257 e. The van der Waals surface area contributed by atoms with Crippen molar-refractivity contribution in [3.63, 3.8) is 0 Å². The minimum atomic E-state index is -1.17. The van der Waals surface area contributed by atoms with Crippen LogP contribution in [0, 0.1) is 11.6 Å². The fourth-order valence-corrected chi connectivity index (χ4v) is 2.60. The van der Waals surface area contributed by atoms with Crippen LogP contribution in [0.2, 0.25) is 10.0 Å². The maximum absolute atomic E-state index is 13.4. The molecule has 0 spiro atoms. The van der Waals surface area contributed by atoms with Gasteiger partial charge in [-0.15, -0.1) is 0 Å². The molecule has 26 heavy (non-hydrogen) atoms. The molecule has 0 saturated carbocycles. The van der Waals surface area contributed by atoms with E-state index in [1.807, 2.05) is 0 Å². The van der Waals surface area contributed by atoms with Crippen molar-refractivity contribution in [2.75, 3.05) is 5.32 Å². The van der Waals surface area contributed by atoms with Crippen LogP contribution < -0.4 is 10.1 Å². The normalized spacial score (nSPS) is 10.5. The molecule has 3 aromatic rings. The summed E-state index contributed by atoms with van der Waals surface area (Å²) in [4.78, 5) is 12.4. The molecule has 0 atom stereocenters. The second-order valence-electron chi connectivity index (χ2n) is 5.23. The van der Waals surface area contributed by atoms with E-state index in [0.29, 0.717) is 22.2 Å². The van der Waals surface area contributed by atoms with Gasteiger partial charge in [-0.05, 0) is 36.4 Å². The van der Waals surface area contributed by atoms with E-state index in [1.54, 1.807) is 48.5 Å². The number of hydrogen-bond acceptors (Lipinski definition) is 2. The maximum Gasteiger partial charge on any atom is 0.257 e. The molecular weight excluding hydrogens is 383 g/mol. The minimum absolute atomic E-state index is 0.196. The SMILES string of the molecule is O=C(Nc1ccccc1Oc1ccccc1Cl)c1cc(F)c(F)cc1Cl. The molecule has 0 aliphatic heterocycles. The first-order valence-electron chi connectivity index (χ1n) is 7.43. The molecular formula is C19H11Cl2F2NO2. The van der Waals surface area contributed by atoms with Crippen molar-refractivity contribution in [1.82, 2.24) is 0 Å². The number of amides is 1. The average molecular weight is 394 g/mol. The Balaban J connectivity index is 1.88. The minimum Gasteiger partial charge on any atom is -0.454 e. The fraction of sp³-hybridized carbons (Fsp3) is 0. The maximum atomic E-state index is 13.4. The molecule has 7 heteroatoms. The summed E-state index contributed by atoms with van der Waals surface area (Å²) in [5, 5.41) is 2.77. The molecule has 0 heterocycles. The van der Waals surface area contributed by atoms with Gasteiger partial charge in [-0.25, -0.2) is 8.78 Å². The van der Waals surface area contributed by atoms with Gasteiger partial charge in [0.25, 0.3) is 5.91 Å². The zero-order chi connectivity index (χ0) is 18.7. The molecule has 0 bridgehead atoms. The highest BCUT2D eigenvalue weighted by Crippen LogP contribution is 2.34. The quantitative estimate of drug-likeness (QED) is 0.526. The zero-order valence-electron chi connectivity index (χ0n) is 13.1. The largest absolute Gasteiger partial charge is 0.454 e. The fourth-order valence-electron chi connectivity index (χ4n) is 2.19. The van der Waals surface area contributed by atoms with Crippen LogP contribution in [0.3, 0.4) is 0 Å². The van der Waals surface area contributed by atoms with Gasteiger partial charge in [-0.1, -0.05) is 47.5 Å². The lowest BCUT2D eigenvalue weighted by molar-refractivity contribution is 0.102. The van der Waals surface area contributed by atoms with Gasteiger partial charge in [0.1, 0.15) is 5.75 Å². The topological polar surface area (TPSA) is 38.3 Å². The summed E-state index contributed by atoms with van der Waals surface area (Å²) in [6, 6.07) is 15.0. The van der Waals surface area contributed by atoms with Crippen LogP contribution in [0.5, 0.6) is 11.5 Å². The lowest BCUT2D eigenvalue weighted by Crippen LogP contribution is -2.14. The summed E-state index contributed by atoms with van der Waals surface area (Å²) >= 11 is 11.9. The number of benzene rings is 3. The Morgan fingerprint density at radius 2 is 1.46 bits per heavy atom. The zero-order valence-corrected chi connectivity index (χ0v) is 14.6. The van der Waals surface area contributed by atoms with E-state index in [4.69, 9.17) is 27.9 Å². The van der Waals surface area contributed by atoms with E-state index >= 15 is 0 Å². The molecule has 0 aromatic heterocycles. The number of carbonyl (C=O) groups excluding carboxylic acids is 1. The van der Waals surface area contributed by atoms with Crippen molar-refractivity contribution in [3.8, 4) is 11.5 Å². The number of hydrogen-bond donors (Lipinski definition) is 1. The van der Waals surface area contributed by atoms with Crippen molar-refractivity contribution < 1.29 is 18.3 Å². The number of halogens is 4. The molecule has 3 aromatic carbocycles. The summed E-state index contributed by atoms with van der Waals surface area (Å²) in [6.45, 7) is 0. The van der Waals surface area contributed by atoms with Crippen molar-refractivity contribution >= 4 is 34.8 Å². The molecule has 1 N–H and O–H groups in total. The molecule has 3 rings (SSSR count). The Morgan fingerprint density at radius 1 is 0.846 bits per heavy atom. The predicted octanol–water partition coefficient (Wildman–Crippen LogP) is 6.32. The van der Waals surface area contributed by atoms with Crippen LogP contribution in [0.4, 0.5) is 14.5 Å². The van der Waals surface area contributed by atoms with E-state index in [0.717, 1.165) is 12.1 Å². The van der Waals surface area contributed by atoms with Gasteiger partial charge in [-0.3, -0.25) is 4.79 Å². The molecule has 0 aliphatic rings. The Hall–Kier alpha value is -2.63. The van der Waals surface area contributed by atoms with E-state index in [9.17, 15) is 13.6 Å². The lowest BCUT2D eigenvalue weighted by Gasteiger charge is -2.13. The number of carbonyl (C=O) groups is 1. The molecule has 3 nitrogen and oxygen atoms in total. The highest BCUT2D eigenvalue weighted by Gasteiger charge is 2.17. The summed E-state index contributed by atoms with van der Waals surface area (Å²) in [5.41, 5.74) is 0.122. The third kappa shape index (κ3) is 3.95. The van der Waals surface area contributed by atoms with Gasteiger partial charge in [0.2, 0.25) is 0 Å². The van der Waals surface area contributed by atoms with Gasteiger partial charge in [0.15, 0.2) is 17.4 Å². The third-order valence-corrected chi connectivity index (χ3v) is 4.07. The number of para-hydroxylation sites is 3. The van der Waals surface area contributed by atoms with Crippen LogP contribution in [0.1, 0.15) is 10.4 Å².